The van der Waals surface area contributed by atoms with Crippen molar-refractivity contribution in [3.05, 3.63) is 68.7 Å². The molecule has 1 nitrogen and oxygen atoms in total. The monoisotopic (exact) mass is 306 g/mol. The van der Waals surface area contributed by atoms with Gasteiger partial charge in [-0.15, -0.1) is 0 Å². The largest absolute Gasteiger partial charge is 0.294 e. The predicted molar refractivity (Wildman–Crippen MR) is 85.0 cm³/mol. The highest BCUT2D eigenvalue weighted by atomic mass is 35.5. The fourth-order valence-electron chi connectivity index (χ4n) is 2.14. The van der Waals surface area contributed by atoms with E-state index in [0.717, 1.165) is 6.42 Å². The van der Waals surface area contributed by atoms with Crippen molar-refractivity contribution in [2.75, 3.05) is 0 Å². The van der Waals surface area contributed by atoms with Crippen LogP contribution in [0, 0.1) is 13.8 Å². The first kappa shape index (κ1) is 15.1. The molecular formula is C17H16Cl2O. The van der Waals surface area contributed by atoms with Gasteiger partial charge in [-0.2, -0.15) is 0 Å². The van der Waals surface area contributed by atoms with Gasteiger partial charge >= 0.3 is 0 Å². The molecule has 0 saturated heterocycles. The molecule has 20 heavy (non-hydrogen) atoms. The van der Waals surface area contributed by atoms with E-state index < -0.39 is 0 Å². The lowest BCUT2D eigenvalue weighted by atomic mass is 9.97. The molecule has 0 radical (unpaired) electrons. The number of hydrogen-bond acceptors (Lipinski definition) is 1. The summed E-state index contributed by atoms with van der Waals surface area (Å²) < 4.78 is 0. The van der Waals surface area contributed by atoms with Gasteiger partial charge in [0.05, 0.1) is 10.0 Å². The molecule has 0 bridgehead atoms. The Bertz CT molecular complexity index is 647. The van der Waals surface area contributed by atoms with Crippen LogP contribution in [0.1, 0.15) is 33.5 Å². The molecule has 0 amide bonds. The van der Waals surface area contributed by atoms with E-state index in [-0.39, 0.29) is 5.78 Å². The van der Waals surface area contributed by atoms with Gasteiger partial charge in [-0.1, -0.05) is 41.4 Å². The van der Waals surface area contributed by atoms with Crippen molar-refractivity contribution in [1.29, 1.82) is 0 Å². The Labute approximate surface area is 129 Å². The second-order valence-electron chi connectivity index (χ2n) is 4.91. The zero-order valence-corrected chi connectivity index (χ0v) is 13.1. The third-order valence-corrected chi connectivity index (χ3v) is 4.32. The maximum absolute atomic E-state index is 12.2. The van der Waals surface area contributed by atoms with Crippen LogP contribution in [0.25, 0.3) is 0 Å². The molecular weight excluding hydrogens is 291 g/mol. The van der Waals surface area contributed by atoms with E-state index in [2.05, 4.69) is 26.0 Å². The molecule has 0 aromatic heterocycles. The summed E-state index contributed by atoms with van der Waals surface area (Å²) >= 11 is 11.8. The van der Waals surface area contributed by atoms with Gasteiger partial charge in [0, 0.05) is 12.0 Å². The van der Waals surface area contributed by atoms with Gasteiger partial charge in [0.2, 0.25) is 0 Å². The molecule has 0 atom stereocenters. The van der Waals surface area contributed by atoms with Crippen LogP contribution in [0.5, 0.6) is 0 Å². The number of ketones is 1. The Balaban J connectivity index is 2.08. The van der Waals surface area contributed by atoms with Crippen molar-refractivity contribution < 1.29 is 4.79 Å². The summed E-state index contributed by atoms with van der Waals surface area (Å²) in [6.45, 7) is 4.17. The summed E-state index contributed by atoms with van der Waals surface area (Å²) in [7, 11) is 0. The first-order chi connectivity index (χ1) is 9.49. The number of aryl methyl sites for hydroxylation is 2. The van der Waals surface area contributed by atoms with Gasteiger partial charge in [-0.3, -0.25) is 4.79 Å². The average molecular weight is 307 g/mol. The topological polar surface area (TPSA) is 17.1 Å². The van der Waals surface area contributed by atoms with Gasteiger partial charge < -0.3 is 0 Å². The SMILES string of the molecule is Cc1cccc(CCC(=O)c2ccc(Cl)c(Cl)c2)c1C. The number of carbonyl (C=O) groups excluding carboxylic acids is 1. The van der Waals surface area contributed by atoms with Crippen LogP contribution in [0.3, 0.4) is 0 Å². The second kappa shape index (κ2) is 6.43. The van der Waals surface area contributed by atoms with E-state index in [0.29, 0.717) is 22.0 Å². The molecule has 0 fully saturated rings. The highest BCUT2D eigenvalue weighted by molar-refractivity contribution is 6.42. The molecule has 2 aromatic carbocycles. The quantitative estimate of drug-likeness (QED) is 0.689. The fourth-order valence-corrected chi connectivity index (χ4v) is 2.44. The van der Waals surface area contributed by atoms with Gasteiger partial charge in [0.25, 0.3) is 0 Å². The zero-order valence-electron chi connectivity index (χ0n) is 11.5. The minimum atomic E-state index is 0.0875. The third kappa shape index (κ3) is 3.41. The molecule has 0 aliphatic carbocycles. The molecule has 3 heteroatoms. The van der Waals surface area contributed by atoms with Gasteiger partial charge in [-0.25, -0.2) is 0 Å². The van der Waals surface area contributed by atoms with E-state index in [9.17, 15) is 4.79 Å². The van der Waals surface area contributed by atoms with E-state index in [4.69, 9.17) is 23.2 Å². The lowest BCUT2D eigenvalue weighted by molar-refractivity contribution is 0.0983. The predicted octanol–water partition coefficient (Wildman–Crippen LogP) is 5.43. The molecule has 2 aromatic rings. The van der Waals surface area contributed by atoms with Crippen LogP contribution < -0.4 is 0 Å². The van der Waals surface area contributed by atoms with Crippen LogP contribution in [-0.2, 0) is 6.42 Å². The Morgan fingerprint density at radius 2 is 1.80 bits per heavy atom. The summed E-state index contributed by atoms with van der Waals surface area (Å²) in [5.74, 6) is 0.0875. The molecule has 0 aliphatic heterocycles. The molecule has 0 N–H and O–H groups in total. The normalized spacial score (nSPS) is 10.6. The number of Topliss-reactive ketones (excluding diaryl/α,β-unsaturated/α-hetero) is 1. The maximum Gasteiger partial charge on any atom is 0.163 e. The van der Waals surface area contributed by atoms with Gasteiger partial charge in [0.15, 0.2) is 5.78 Å². The van der Waals surface area contributed by atoms with Crippen molar-refractivity contribution in [3.63, 3.8) is 0 Å². The van der Waals surface area contributed by atoms with Crippen LogP contribution in [0.4, 0.5) is 0 Å². The smallest absolute Gasteiger partial charge is 0.163 e. The number of hydrogen-bond donors (Lipinski definition) is 0. The minimum absolute atomic E-state index is 0.0875. The number of carbonyl (C=O) groups is 1. The van der Waals surface area contributed by atoms with Crippen molar-refractivity contribution in [3.8, 4) is 0 Å². The number of rotatable bonds is 4. The molecule has 0 aliphatic rings. The summed E-state index contributed by atoms with van der Waals surface area (Å²) in [6.07, 6.45) is 1.22. The summed E-state index contributed by atoms with van der Waals surface area (Å²) in [5.41, 5.74) is 4.35. The van der Waals surface area contributed by atoms with E-state index in [1.807, 2.05) is 6.07 Å². The van der Waals surface area contributed by atoms with Crippen molar-refractivity contribution in [1.82, 2.24) is 0 Å². The maximum atomic E-state index is 12.2. The summed E-state index contributed by atoms with van der Waals surface area (Å²) in [6, 6.07) is 11.2. The summed E-state index contributed by atoms with van der Waals surface area (Å²) in [4.78, 5) is 12.2. The average Bonchev–Trinajstić information content (AvgIpc) is 2.43. The lowest BCUT2D eigenvalue weighted by Crippen LogP contribution is -2.02. The van der Waals surface area contributed by atoms with Crippen molar-refractivity contribution in [2.45, 2.75) is 26.7 Å². The van der Waals surface area contributed by atoms with E-state index >= 15 is 0 Å². The fraction of sp³-hybridized carbons (Fsp3) is 0.235. The third-order valence-electron chi connectivity index (χ3n) is 3.58. The van der Waals surface area contributed by atoms with Gasteiger partial charge in [0.1, 0.15) is 0 Å². The zero-order chi connectivity index (χ0) is 14.7. The molecule has 0 heterocycles. The second-order valence-corrected chi connectivity index (χ2v) is 5.73. The van der Waals surface area contributed by atoms with Crippen LogP contribution in [-0.4, -0.2) is 5.78 Å². The number of benzene rings is 2. The lowest BCUT2D eigenvalue weighted by Gasteiger charge is -2.08. The highest BCUT2D eigenvalue weighted by Crippen LogP contribution is 2.23. The molecule has 0 unspecified atom stereocenters. The van der Waals surface area contributed by atoms with Crippen LogP contribution in [0.15, 0.2) is 36.4 Å². The van der Waals surface area contributed by atoms with E-state index in [1.165, 1.54) is 16.7 Å². The van der Waals surface area contributed by atoms with Crippen molar-refractivity contribution >= 4 is 29.0 Å². The molecule has 104 valence electrons. The molecule has 2 rings (SSSR count). The van der Waals surface area contributed by atoms with E-state index in [1.54, 1.807) is 18.2 Å². The van der Waals surface area contributed by atoms with Crippen LogP contribution >= 0.6 is 23.2 Å². The summed E-state index contributed by atoms with van der Waals surface area (Å²) in [5, 5.41) is 0.891. The van der Waals surface area contributed by atoms with Crippen LogP contribution in [0.2, 0.25) is 10.0 Å². The minimum Gasteiger partial charge on any atom is -0.294 e. The van der Waals surface area contributed by atoms with Crippen molar-refractivity contribution in [2.24, 2.45) is 0 Å². The highest BCUT2D eigenvalue weighted by Gasteiger charge is 2.09. The Morgan fingerprint density at radius 1 is 1.05 bits per heavy atom. The first-order valence-corrected chi connectivity index (χ1v) is 7.28. The Morgan fingerprint density at radius 3 is 2.50 bits per heavy atom. The van der Waals surface area contributed by atoms with Gasteiger partial charge in [-0.05, 0) is 55.2 Å². The molecule has 0 saturated carbocycles. The molecule has 0 spiro atoms. The standard InChI is InChI=1S/C17H16Cl2O/c1-11-4-3-5-13(12(11)2)7-9-17(20)14-6-8-15(18)16(19)10-14/h3-6,8,10H,7,9H2,1-2H3. The Hall–Kier alpha value is -1.31. The number of halogens is 2. The Kier molecular flexibility index (Phi) is 4.85. The first-order valence-electron chi connectivity index (χ1n) is 6.52.